The van der Waals surface area contributed by atoms with Gasteiger partial charge in [-0.1, -0.05) is 42.0 Å². The molecule has 1 N–H and O–H groups in total. The van der Waals surface area contributed by atoms with E-state index in [4.69, 9.17) is 4.74 Å². The minimum Gasteiger partial charge on any atom is -0.487 e. The second-order valence-corrected chi connectivity index (χ2v) is 9.21. The molecule has 0 spiro atoms. The summed E-state index contributed by atoms with van der Waals surface area (Å²) < 4.78 is 19.4. The molecule has 3 aromatic rings. The molecule has 6 heteroatoms. The summed E-state index contributed by atoms with van der Waals surface area (Å²) in [7, 11) is 0. The first-order valence-electron chi connectivity index (χ1n) is 11.3. The molecule has 4 rings (SSSR count). The highest BCUT2D eigenvalue weighted by molar-refractivity contribution is 5.96. The van der Waals surface area contributed by atoms with E-state index in [-0.39, 0.29) is 18.3 Å². The number of aryl methyl sites for hydroxylation is 1. The van der Waals surface area contributed by atoms with Crippen LogP contribution in [0.15, 0.2) is 66.7 Å². The van der Waals surface area contributed by atoms with Crippen LogP contribution in [-0.2, 0) is 24.1 Å². The Morgan fingerprint density at radius 1 is 1.06 bits per heavy atom. The number of carbonyl (C=O) groups excluding carboxylic acids is 1. The average Bonchev–Trinajstić information content (AvgIpc) is 3.12. The SMILES string of the molecule is Cc1cccc(CCN(CC(=O)O)C(=O)c2ccc3c(c2)CC(C)(Cc2ccc(F)cc2)O3)c1. The van der Waals surface area contributed by atoms with Gasteiger partial charge in [-0.3, -0.25) is 9.59 Å². The molecule has 5 nitrogen and oxygen atoms in total. The zero-order valence-corrected chi connectivity index (χ0v) is 19.4. The van der Waals surface area contributed by atoms with Crippen molar-refractivity contribution in [3.05, 3.63) is 100 Å². The Labute approximate surface area is 198 Å². The van der Waals surface area contributed by atoms with E-state index in [2.05, 4.69) is 0 Å². The molecular weight excluding hydrogens is 433 g/mol. The van der Waals surface area contributed by atoms with Gasteiger partial charge in [-0.25, -0.2) is 4.39 Å². The van der Waals surface area contributed by atoms with Gasteiger partial charge in [-0.15, -0.1) is 0 Å². The van der Waals surface area contributed by atoms with Crippen molar-refractivity contribution >= 4 is 11.9 Å². The number of amides is 1. The molecule has 176 valence electrons. The summed E-state index contributed by atoms with van der Waals surface area (Å²) in [6.07, 6.45) is 1.78. The molecule has 0 bridgehead atoms. The lowest BCUT2D eigenvalue weighted by atomic mass is 9.91. The van der Waals surface area contributed by atoms with Crippen molar-refractivity contribution in [3.63, 3.8) is 0 Å². The Hall–Kier alpha value is -3.67. The van der Waals surface area contributed by atoms with Gasteiger partial charge in [0.15, 0.2) is 0 Å². The number of benzene rings is 3. The van der Waals surface area contributed by atoms with E-state index in [0.717, 1.165) is 22.3 Å². The van der Waals surface area contributed by atoms with Gasteiger partial charge >= 0.3 is 5.97 Å². The lowest BCUT2D eigenvalue weighted by molar-refractivity contribution is -0.137. The van der Waals surface area contributed by atoms with Gasteiger partial charge in [0.1, 0.15) is 23.7 Å². The van der Waals surface area contributed by atoms with E-state index in [9.17, 15) is 19.1 Å². The number of nitrogens with zero attached hydrogens (tertiary/aromatic N) is 1. The second-order valence-electron chi connectivity index (χ2n) is 9.21. The first kappa shape index (κ1) is 23.5. The average molecular weight is 462 g/mol. The topological polar surface area (TPSA) is 66.8 Å². The number of rotatable bonds is 8. The van der Waals surface area contributed by atoms with Gasteiger partial charge < -0.3 is 14.7 Å². The van der Waals surface area contributed by atoms with Crippen molar-refractivity contribution in [3.8, 4) is 5.75 Å². The van der Waals surface area contributed by atoms with E-state index in [1.165, 1.54) is 17.0 Å². The first-order chi connectivity index (χ1) is 16.2. The van der Waals surface area contributed by atoms with Gasteiger partial charge in [-0.05, 0) is 67.3 Å². The van der Waals surface area contributed by atoms with Crippen LogP contribution in [0.4, 0.5) is 4.39 Å². The van der Waals surface area contributed by atoms with Crippen LogP contribution in [0.2, 0.25) is 0 Å². The Morgan fingerprint density at radius 2 is 1.82 bits per heavy atom. The van der Waals surface area contributed by atoms with Gasteiger partial charge in [-0.2, -0.15) is 0 Å². The molecule has 1 aliphatic rings. The fourth-order valence-electron chi connectivity index (χ4n) is 4.52. The minimum absolute atomic E-state index is 0.277. The highest BCUT2D eigenvalue weighted by Crippen LogP contribution is 2.37. The Bertz CT molecular complexity index is 1210. The summed E-state index contributed by atoms with van der Waals surface area (Å²) in [6.45, 7) is 3.95. The summed E-state index contributed by atoms with van der Waals surface area (Å²) in [5.74, 6) is -0.925. The number of halogens is 1. The van der Waals surface area contributed by atoms with Gasteiger partial charge in [0, 0.05) is 24.9 Å². The fourth-order valence-corrected chi connectivity index (χ4v) is 4.52. The van der Waals surface area contributed by atoms with Crippen molar-refractivity contribution in [1.82, 2.24) is 4.90 Å². The van der Waals surface area contributed by atoms with Gasteiger partial charge in [0.05, 0.1) is 0 Å². The molecule has 0 saturated heterocycles. The normalized spacial score (nSPS) is 16.6. The monoisotopic (exact) mass is 461 g/mol. The lowest BCUT2D eigenvalue weighted by Gasteiger charge is -2.24. The largest absolute Gasteiger partial charge is 0.487 e. The summed E-state index contributed by atoms with van der Waals surface area (Å²) in [4.78, 5) is 26.1. The number of hydrogen-bond donors (Lipinski definition) is 1. The van der Waals surface area contributed by atoms with E-state index in [1.54, 1.807) is 30.3 Å². The zero-order chi connectivity index (χ0) is 24.3. The molecule has 1 atom stereocenters. The zero-order valence-electron chi connectivity index (χ0n) is 19.4. The van der Waals surface area contributed by atoms with Gasteiger partial charge in [0.2, 0.25) is 0 Å². The highest BCUT2D eigenvalue weighted by atomic mass is 19.1. The molecule has 0 fully saturated rings. The Balaban J connectivity index is 1.48. The maximum absolute atomic E-state index is 13.2. The second kappa shape index (κ2) is 9.67. The lowest BCUT2D eigenvalue weighted by Crippen LogP contribution is -2.37. The van der Waals surface area contributed by atoms with Crippen LogP contribution < -0.4 is 4.74 Å². The highest BCUT2D eigenvalue weighted by Gasteiger charge is 2.35. The molecule has 0 aliphatic carbocycles. The van der Waals surface area contributed by atoms with Crippen molar-refractivity contribution < 1.29 is 23.8 Å². The third kappa shape index (κ3) is 5.63. The summed E-state index contributed by atoms with van der Waals surface area (Å²) in [5.41, 5.74) is 3.99. The molecule has 0 radical (unpaired) electrons. The molecule has 1 amide bonds. The van der Waals surface area contributed by atoms with Crippen LogP contribution in [0.3, 0.4) is 0 Å². The Morgan fingerprint density at radius 3 is 2.53 bits per heavy atom. The summed E-state index contributed by atoms with van der Waals surface area (Å²) in [6, 6.07) is 19.6. The number of carboxylic acids is 1. The smallest absolute Gasteiger partial charge is 0.323 e. The Kier molecular flexibility index (Phi) is 6.68. The van der Waals surface area contributed by atoms with Crippen LogP contribution in [0.5, 0.6) is 5.75 Å². The minimum atomic E-state index is -1.05. The van der Waals surface area contributed by atoms with E-state index >= 15 is 0 Å². The molecule has 34 heavy (non-hydrogen) atoms. The molecule has 3 aromatic carbocycles. The maximum atomic E-state index is 13.2. The van der Waals surface area contributed by atoms with Crippen molar-refractivity contribution in [1.29, 1.82) is 0 Å². The predicted octanol–water partition coefficient (Wildman–Crippen LogP) is 4.84. The first-order valence-corrected chi connectivity index (χ1v) is 11.3. The molecule has 1 heterocycles. The summed E-state index contributed by atoms with van der Waals surface area (Å²) in [5, 5.41) is 9.36. The molecule has 0 aromatic heterocycles. The molecule has 1 unspecified atom stereocenters. The van der Waals surface area contributed by atoms with Crippen LogP contribution in [0.1, 0.15) is 39.5 Å². The van der Waals surface area contributed by atoms with Crippen molar-refractivity contribution in [2.45, 2.75) is 38.7 Å². The number of aliphatic carboxylic acids is 1. The maximum Gasteiger partial charge on any atom is 0.323 e. The molecule has 1 aliphatic heterocycles. The van der Waals surface area contributed by atoms with Crippen molar-refractivity contribution in [2.24, 2.45) is 0 Å². The summed E-state index contributed by atoms with van der Waals surface area (Å²) >= 11 is 0. The standard InChI is InChI=1S/C28H28FNO4/c1-19-4-3-5-20(14-19)12-13-30(18-26(31)32)27(33)22-8-11-25-23(15-22)17-28(2,34-25)16-21-6-9-24(29)10-7-21/h3-11,14-15H,12-13,16-18H2,1-2H3,(H,31,32). The number of hydrogen-bond acceptors (Lipinski definition) is 3. The van der Waals surface area contributed by atoms with E-state index < -0.39 is 11.6 Å². The van der Waals surface area contributed by atoms with Crippen LogP contribution in [0.25, 0.3) is 0 Å². The van der Waals surface area contributed by atoms with Crippen LogP contribution >= 0.6 is 0 Å². The van der Waals surface area contributed by atoms with E-state index in [1.807, 2.05) is 38.1 Å². The van der Waals surface area contributed by atoms with Crippen LogP contribution in [0, 0.1) is 12.7 Å². The number of ether oxygens (including phenoxy) is 1. The fraction of sp³-hybridized carbons (Fsp3) is 0.286. The number of carboxylic acid groups (broad SMARTS) is 1. The van der Waals surface area contributed by atoms with E-state index in [0.29, 0.717) is 37.1 Å². The molecular formula is C28H28FNO4. The van der Waals surface area contributed by atoms with Crippen LogP contribution in [-0.4, -0.2) is 40.6 Å². The predicted molar refractivity (Wildman–Crippen MR) is 128 cm³/mol. The van der Waals surface area contributed by atoms with Gasteiger partial charge in [0.25, 0.3) is 5.91 Å². The number of fused-ring (bicyclic) bond motifs is 1. The van der Waals surface area contributed by atoms with Crippen molar-refractivity contribution in [2.75, 3.05) is 13.1 Å². The quantitative estimate of drug-likeness (QED) is 0.521. The third-order valence-electron chi connectivity index (χ3n) is 6.09. The third-order valence-corrected chi connectivity index (χ3v) is 6.09. The number of carbonyl (C=O) groups is 2. The molecule has 0 saturated carbocycles.